The molecule has 5 heteroatoms. The van der Waals surface area contributed by atoms with Crippen LogP contribution in [0.1, 0.15) is 24.2 Å². The fourth-order valence-electron chi connectivity index (χ4n) is 2.58. The first-order chi connectivity index (χ1) is 11.8. The SMILES string of the molecule is CNC(=O)[C@](C)(C(C)=O)C(I)C(=O)c1ccc(-c2ccccc2)cc1. The van der Waals surface area contributed by atoms with Gasteiger partial charge in [-0.25, -0.2) is 0 Å². The van der Waals surface area contributed by atoms with E-state index in [1.165, 1.54) is 20.9 Å². The summed E-state index contributed by atoms with van der Waals surface area (Å²) < 4.78 is -0.787. The van der Waals surface area contributed by atoms with Gasteiger partial charge in [0.25, 0.3) is 0 Å². The van der Waals surface area contributed by atoms with Crippen LogP contribution in [-0.4, -0.2) is 28.4 Å². The van der Waals surface area contributed by atoms with Crippen LogP contribution in [-0.2, 0) is 9.59 Å². The zero-order chi connectivity index (χ0) is 18.6. The quantitative estimate of drug-likeness (QED) is 0.317. The van der Waals surface area contributed by atoms with Crippen molar-refractivity contribution in [3.8, 4) is 11.1 Å². The van der Waals surface area contributed by atoms with Gasteiger partial charge < -0.3 is 5.32 Å². The molecule has 1 amide bonds. The zero-order valence-electron chi connectivity index (χ0n) is 14.4. The van der Waals surface area contributed by atoms with Gasteiger partial charge in [0.05, 0.1) is 3.92 Å². The van der Waals surface area contributed by atoms with Crippen LogP contribution in [0.4, 0.5) is 0 Å². The summed E-state index contributed by atoms with van der Waals surface area (Å²) in [5.74, 6) is -1.02. The first-order valence-corrected chi connectivity index (χ1v) is 9.14. The van der Waals surface area contributed by atoms with Gasteiger partial charge in [-0.3, -0.25) is 14.4 Å². The fraction of sp³-hybridized carbons (Fsp3) is 0.250. The number of rotatable bonds is 6. The molecule has 0 bridgehead atoms. The smallest absolute Gasteiger partial charge is 0.234 e. The molecule has 25 heavy (non-hydrogen) atoms. The third kappa shape index (κ3) is 3.81. The van der Waals surface area contributed by atoms with Gasteiger partial charge in [-0.2, -0.15) is 0 Å². The Balaban J connectivity index is 2.30. The Bertz CT molecular complexity index is 786. The highest BCUT2D eigenvalue weighted by Crippen LogP contribution is 2.33. The molecule has 0 heterocycles. The molecule has 1 unspecified atom stereocenters. The van der Waals surface area contributed by atoms with Crippen LogP contribution in [0.15, 0.2) is 54.6 Å². The Morgan fingerprint density at radius 1 is 0.960 bits per heavy atom. The molecule has 2 atom stereocenters. The minimum Gasteiger partial charge on any atom is -0.358 e. The number of ketones is 2. The maximum Gasteiger partial charge on any atom is 0.234 e. The summed E-state index contributed by atoms with van der Waals surface area (Å²) in [6.07, 6.45) is 0. The van der Waals surface area contributed by atoms with E-state index in [1.54, 1.807) is 12.1 Å². The average molecular weight is 449 g/mol. The highest BCUT2D eigenvalue weighted by atomic mass is 127. The Morgan fingerprint density at radius 3 is 1.96 bits per heavy atom. The summed E-state index contributed by atoms with van der Waals surface area (Å²) in [6.45, 7) is 2.86. The van der Waals surface area contributed by atoms with Gasteiger partial charge in [0.2, 0.25) is 5.91 Å². The monoisotopic (exact) mass is 449 g/mol. The molecule has 0 aliphatic carbocycles. The van der Waals surface area contributed by atoms with E-state index in [1.807, 2.05) is 65.1 Å². The third-order valence-corrected chi connectivity index (χ3v) is 6.26. The maximum absolute atomic E-state index is 12.8. The molecule has 1 N–H and O–H groups in total. The Labute approximate surface area is 161 Å². The zero-order valence-corrected chi connectivity index (χ0v) is 16.5. The van der Waals surface area contributed by atoms with Crippen molar-refractivity contribution < 1.29 is 14.4 Å². The molecule has 0 saturated heterocycles. The summed E-state index contributed by atoms with van der Waals surface area (Å²) in [6, 6.07) is 17.1. The number of Topliss-reactive ketones (excluding diaryl/α,β-unsaturated/α-hetero) is 2. The average Bonchev–Trinajstić information content (AvgIpc) is 2.66. The third-order valence-electron chi connectivity index (χ3n) is 4.44. The lowest BCUT2D eigenvalue weighted by molar-refractivity contribution is -0.138. The summed E-state index contributed by atoms with van der Waals surface area (Å²) in [5, 5.41) is 2.49. The lowest BCUT2D eigenvalue weighted by Crippen LogP contribution is -2.50. The summed E-state index contributed by atoms with van der Waals surface area (Å²) >= 11 is 1.89. The van der Waals surface area contributed by atoms with Crippen LogP contribution in [0, 0.1) is 5.41 Å². The van der Waals surface area contributed by atoms with Crippen LogP contribution in [0.3, 0.4) is 0 Å². The second kappa shape index (κ2) is 7.91. The molecule has 0 aliphatic heterocycles. The molecule has 4 nitrogen and oxygen atoms in total. The molecule has 0 spiro atoms. The normalized spacial score (nSPS) is 14.2. The van der Waals surface area contributed by atoms with E-state index < -0.39 is 15.2 Å². The number of halogens is 1. The minimum atomic E-state index is -1.40. The Morgan fingerprint density at radius 2 is 1.48 bits per heavy atom. The van der Waals surface area contributed by atoms with Crippen molar-refractivity contribution in [2.75, 3.05) is 7.05 Å². The van der Waals surface area contributed by atoms with E-state index in [4.69, 9.17) is 0 Å². The van der Waals surface area contributed by atoms with Crippen molar-refractivity contribution >= 4 is 40.1 Å². The topological polar surface area (TPSA) is 63.2 Å². The predicted molar refractivity (Wildman–Crippen MR) is 107 cm³/mol. The van der Waals surface area contributed by atoms with Gasteiger partial charge in [0.1, 0.15) is 11.2 Å². The van der Waals surface area contributed by atoms with Crippen molar-refractivity contribution in [2.24, 2.45) is 5.41 Å². The molecule has 2 aromatic rings. The van der Waals surface area contributed by atoms with E-state index >= 15 is 0 Å². The number of alkyl halides is 1. The van der Waals surface area contributed by atoms with E-state index in [0.717, 1.165) is 11.1 Å². The van der Waals surface area contributed by atoms with E-state index in [0.29, 0.717) is 5.56 Å². The number of carbonyl (C=O) groups excluding carboxylic acids is 3. The van der Waals surface area contributed by atoms with Crippen molar-refractivity contribution in [2.45, 2.75) is 17.8 Å². The van der Waals surface area contributed by atoms with Gasteiger partial charge in [-0.05, 0) is 25.0 Å². The molecule has 130 valence electrons. The molecule has 0 aromatic heterocycles. The van der Waals surface area contributed by atoms with Crippen molar-refractivity contribution in [1.82, 2.24) is 5.32 Å². The lowest BCUT2D eigenvalue weighted by atomic mass is 9.79. The van der Waals surface area contributed by atoms with Crippen LogP contribution in [0.2, 0.25) is 0 Å². The van der Waals surface area contributed by atoms with E-state index in [9.17, 15) is 14.4 Å². The van der Waals surface area contributed by atoms with E-state index in [2.05, 4.69) is 5.32 Å². The van der Waals surface area contributed by atoms with Gasteiger partial charge in [-0.1, -0.05) is 77.2 Å². The molecule has 2 aromatic carbocycles. The summed E-state index contributed by atoms with van der Waals surface area (Å²) in [5.41, 5.74) is 1.15. The first-order valence-electron chi connectivity index (χ1n) is 7.89. The molecule has 0 radical (unpaired) electrons. The number of amides is 1. The standard InChI is InChI=1S/C20H20INO3/c1-13(23)20(2,19(25)22-3)18(21)17(24)16-11-9-15(10-12-16)14-7-5-4-6-8-14/h4-12,18H,1-3H3,(H,22,25)/t18?,20-/m1/s1. The van der Waals surface area contributed by atoms with Gasteiger partial charge >= 0.3 is 0 Å². The van der Waals surface area contributed by atoms with Gasteiger partial charge in [0, 0.05) is 12.6 Å². The fourth-order valence-corrected chi connectivity index (χ4v) is 3.66. The van der Waals surface area contributed by atoms with Gasteiger partial charge in [0.15, 0.2) is 5.78 Å². The lowest BCUT2D eigenvalue weighted by Gasteiger charge is -2.29. The van der Waals surface area contributed by atoms with Crippen molar-refractivity contribution in [3.05, 3.63) is 60.2 Å². The molecule has 0 saturated carbocycles. The highest BCUT2D eigenvalue weighted by molar-refractivity contribution is 14.1. The number of hydrogen-bond donors (Lipinski definition) is 1. The highest BCUT2D eigenvalue weighted by Gasteiger charge is 2.47. The maximum atomic E-state index is 12.8. The Kier molecular flexibility index (Phi) is 6.11. The molecule has 0 fully saturated rings. The van der Waals surface area contributed by atoms with Crippen molar-refractivity contribution in [3.63, 3.8) is 0 Å². The first kappa shape index (κ1) is 19.3. The van der Waals surface area contributed by atoms with Crippen molar-refractivity contribution in [1.29, 1.82) is 0 Å². The van der Waals surface area contributed by atoms with Crippen LogP contribution < -0.4 is 5.32 Å². The second-order valence-corrected chi connectivity index (χ2v) is 7.25. The minimum absolute atomic E-state index is 0.235. The van der Waals surface area contributed by atoms with Crippen LogP contribution in [0.5, 0.6) is 0 Å². The van der Waals surface area contributed by atoms with E-state index in [-0.39, 0.29) is 11.6 Å². The molecular formula is C20H20INO3. The Hall–Kier alpha value is -2.02. The summed E-state index contributed by atoms with van der Waals surface area (Å²) in [7, 11) is 1.46. The van der Waals surface area contributed by atoms with Crippen LogP contribution >= 0.6 is 22.6 Å². The molecule has 2 rings (SSSR count). The molecular weight excluding hydrogens is 429 g/mol. The summed E-state index contributed by atoms with van der Waals surface area (Å²) in [4.78, 5) is 37.1. The number of hydrogen-bond acceptors (Lipinski definition) is 3. The largest absolute Gasteiger partial charge is 0.358 e. The van der Waals surface area contributed by atoms with Crippen LogP contribution in [0.25, 0.3) is 11.1 Å². The number of carbonyl (C=O) groups is 3. The predicted octanol–water partition coefficient (Wildman–Crippen LogP) is 3.68. The number of nitrogens with one attached hydrogen (secondary N) is 1. The number of benzene rings is 2. The van der Waals surface area contributed by atoms with Gasteiger partial charge in [-0.15, -0.1) is 0 Å². The second-order valence-electron chi connectivity index (χ2n) is 6.01. The molecule has 0 aliphatic rings.